The van der Waals surface area contributed by atoms with Crippen LogP contribution in [0.4, 0.5) is 11.6 Å². The van der Waals surface area contributed by atoms with E-state index in [4.69, 9.17) is 0 Å². The molecule has 3 unspecified atom stereocenters. The maximum atomic E-state index is 4.50. The van der Waals surface area contributed by atoms with E-state index in [1.165, 1.54) is 19.3 Å². The standard InChI is InChI=1S/C15H26N4/c1-5-12-7-8-13(10(12)3)19-15-9-14(16-6-2)17-11(4)18-15/h9-10,12-13H,5-8H2,1-4H3,(H2,16,17,18,19). The molecule has 2 N–H and O–H groups in total. The molecule has 0 spiro atoms. The van der Waals surface area contributed by atoms with Crippen LogP contribution in [0.25, 0.3) is 0 Å². The molecule has 4 heteroatoms. The molecule has 1 aromatic heterocycles. The molecule has 1 fully saturated rings. The van der Waals surface area contributed by atoms with Crippen LogP contribution < -0.4 is 10.6 Å². The number of hydrogen-bond acceptors (Lipinski definition) is 4. The van der Waals surface area contributed by atoms with Crippen molar-refractivity contribution in [2.75, 3.05) is 17.2 Å². The molecule has 0 aliphatic heterocycles. The van der Waals surface area contributed by atoms with Crippen LogP contribution in [0.5, 0.6) is 0 Å². The minimum Gasteiger partial charge on any atom is -0.370 e. The third kappa shape index (κ3) is 3.37. The molecule has 2 rings (SSSR count). The van der Waals surface area contributed by atoms with Gasteiger partial charge >= 0.3 is 0 Å². The molecule has 0 bridgehead atoms. The Labute approximate surface area is 116 Å². The first-order chi connectivity index (χ1) is 9.13. The summed E-state index contributed by atoms with van der Waals surface area (Å²) in [5.41, 5.74) is 0. The predicted octanol–water partition coefficient (Wildman–Crippen LogP) is 3.45. The van der Waals surface area contributed by atoms with Crippen molar-refractivity contribution in [3.05, 3.63) is 11.9 Å². The fourth-order valence-corrected chi connectivity index (χ4v) is 3.13. The molecule has 1 aromatic rings. The van der Waals surface area contributed by atoms with Crippen LogP contribution >= 0.6 is 0 Å². The largest absolute Gasteiger partial charge is 0.370 e. The van der Waals surface area contributed by atoms with E-state index in [2.05, 4.69) is 41.4 Å². The monoisotopic (exact) mass is 262 g/mol. The van der Waals surface area contributed by atoms with Gasteiger partial charge in [0.2, 0.25) is 0 Å². The van der Waals surface area contributed by atoms with Gasteiger partial charge in [-0.1, -0.05) is 20.3 Å². The number of aromatic nitrogens is 2. The minimum atomic E-state index is 0.550. The van der Waals surface area contributed by atoms with E-state index < -0.39 is 0 Å². The van der Waals surface area contributed by atoms with E-state index in [9.17, 15) is 0 Å². The maximum absolute atomic E-state index is 4.50. The highest BCUT2D eigenvalue weighted by molar-refractivity contribution is 5.48. The molecule has 3 atom stereocenters. The summed E-state index contributed by atoms with van der Waals surface area (Å²) in [4.78, 5) is 8.89. The number of anilines is 2. The van der Waals surface area contributed by atoms with Crippen molar-refractivity contribution in [3.63, 3.8) is 0 Å². The zero-order valence-electron chi connectivity index (χ0n) is 12.5. The van der Waals surface area contributed by atoms with Gasteiger partial charge in [-0.15, -0.1) is 0 Å². The highest BCUT2D eigenvalue weighted by Gasteiger charge is 2.31. The van der Waals surface area contributed by atoms with E-state index >= 15 is 0 Å². The van der Waals surface area contributed by atoms with Gasteiger partial charge in [-0.3, -0.25) is 0 Å². The van der Waals surface area contributed by atoms with Gasteiger partial charge in [0, 0.05) is 18.7 Å². The van der Waals surface area contributed by atoms with E-state index in [1.807, 2.05) is 13.0 Å². The van der Waals surface area contributed by atoms with Crippen molar-refractivity contribution in [1.82, 2.24) is 9.97 Å². The van der Waals surface area contributed by atoms with Crippen LogP contribution in [0.1, 0.15) is 45.9 Å². The highest BCUT2D eigenvalue weighted by Crippen LogP contribution is 2.35. The van der Waals surface area contributed by atoms with Crippen LogP contribution in [-0.4, -0.2) is 22.6 Å². The van der Waals surface area contributed by atoms with Crippen LogP contribution in [0.15, 0.2) is 6.07 Å². The Bertz CT molecular complexity index is 419. The Hall–Kier alpha value is -1.32. The zero-order valence-corrected chi connectivity index (χ0v) is 12.5. The molecule has 1 heterocycles. The first-order valence-electron chi connectivity index (χ1n) is 7.50. The lowest BCUT2D eigenvalue weighted by molar-refractivity contribution is 0.391. The molecular weight excluding hydrogens is 236 g/mol. The molecule has 0 amide bonds. The fourth-order valence-electron chi connectivity index (χ4n) is 3.13. The Balaban J connectivity index is 2.06. The lowest BCUT2D eigenvalue weighted by Gasteiger charge is -2.21. The van der Waals surface area contributed by atoms with Crippen LogP contribution in [0.2, 0.25) is 0 Å². The second-order valence-corrected chi connectivity index (χ2v) is 5.57. The SMILES string of the molecule is CCNc1cc(NC2CCC(CC)C2C)nc(C)n1. The summed E-state index contributed by atoms with van der Waals surface area (Å²) in [6.45, 7) is 9.56. The average molecular weight is 262 g/mol. The maximum Gasteiger partial charge on any atom is 0.132 e. The Kier molecular flexibility index (Phi) is 4.61. The van der Waals surface area contributed by atoms with Gasteiger partial charge in [0.05, 0.1) is 0 Å². The van der Waals surface area contributed by atoms with Gasteiger partial charge in [0.25, 0.3) is 0 Å². The topological polar surface area (TPSA) is 49.8 Å². The van der Waals surface area contributed by atoms with Crippen molar-refractivity contribution < 1.29 is 0 Å². The summed E-state index contributed by atoms with van der Waals surface area (Å²) in [6, 6.07) is 2.57. The minimum absolute atomic E-state index is 0.550. The number of aryl methyl sites for hydroxylation is 1. The Morgan fingerprint density at radius 1 is 1.21 bits per heavy atom. The Morgan fingerprint density at radius 2 is 1.95 bits per heavy atom. The summed E-state index contributed by atoms with van der Waals surface area (Å²) in [5, 5.41) is 6.86. The quantitative estimate of drug-likeness (QED) is 0.853. The number of nitrogens with one attached hydrogen (secondary N) is 2. The van der Waals surface area contributed by atoms with Gasteiger partial charge in [-0.2, -0.15) is 0 Å². The van der Waals surface area contributed by atoms with E-state index in [0.29, 0.717) is 6.04 Å². The lowest BCUT2D eigenvalue weighted by Crippen LogP contribution is -2.25. The van der Waals surface area contributed by atoms with Crippen molar-refractivity contribution in [2.45, 2.75) is 53.0 Å². The third-order valence-electron chi connectivity index (χ3n) is 4.28. The van der Waals surface area contributed by atoms with Gasteiger partial charge in [0.1, 0.15) is 17.5 Å². The summed E-state index contributed by atoms with van der Waals surface area (Å²) >= 11 is 0. The second-order valence-electron chi connectivity index (χ2n) is 5.57. The Morgan fingerprint density at radius 3 is 2.58 bits per heavy atom. The molecule has 1 saturated carbocycles. The zero-order chi connectivity index (χ0) is 13.8. The molecular formula is C15H26N4. The fraction of sp³-hybridized carbons (Fsp3) is 0.733. The van der Waals surface area contributed by atoms with Crippen molar-refractivity contribution in [2.24, 2.45) is 11.8 Å². The normalized spacial score (nSPS) is 26.4. The number of nitrogens with zero attached hydrogens (tertiary/aromatic N) is 2. The lowest BCUT2D eigenvalue weighted by atomic mass is 9.93. The second kappa shape index (κ2) is 6.22. The molecule has 0 radical (unpaired) electrons. The molecule has 4 nitrogen and oxygen atoms in total. The van der Waals surface area contributed by atoms with Gasteiger partial charge in [-0.25, -0.2) is 9.97 Å². The van der Waals surface area contributed by atoms with E-state index in [-0.39, 0.29) is 0 Å². The average Bonchev–Trinajstić information content (AvgIpc) is 2.70. The molecule has 0 saturated heterocycles. The molecule has 106 valence electrons. The summed E-state index contributed by atoms with van der Waals surface area (Å²) < 4.78 is 0. The van der Waals surface area contributed by atoms with Crippen molar-refractivity contribution in [3.8, 4) is 0 Å². The molecule has 0 aromatic carbocycles. The molecule has 1 aliphatic carbocycles. The van der Waals surface area contributed by atoms with Crippen molar-refractivity contribution in [1.29, 1.82) is 0 Å². The van der Waals surface area contributed by atoms with Gasteiger partial charge in [0.15, 0.2) is 0 Å². The molecule has 1 aliphatic rings. The smallest absolute Gasteiger partial charge is 0.132 e. The van der Waals surface area contributed by atoms with Crippen LogP contribution in [0.3, 0.4) is 0 Å². The highest BCUT2D eigenvalue weighted by atomic mass is 15.1. The summed E-state index contributed by atoms with van der Waals surface area (Å²) in [6.07, 6.45) is 3.86. The first kappa shape index (κ1) is 14.1. The van der Waals surface area contributed by atoms with E-state index in [1.54, 1.807) is 0 Å². The summed E-state index contributed by atoms with van der Waals surface area (Å²) in [7, 11) is 0. The van der Waals surface area contributed by atoms with Gasteiger partial charge < -0.3 is 10.6 Å². The predicted molar refractivity (Wildman–Crippen MR) is 80.5 cm³/mol. The number of rotatable bonds is 5. The van der Waals surface area contributed by atoms with Crippen molar-refractivity contribution >= 4 is 11.6 Å². The van der Waals surface area contributed by atoms with Crippen LogP contribution in [0, 0.1) is 18.8 Å². The third-order valence-corrected chi connectivity index (χ3v) is 4.28. The first-order valence-corrected chi connectivity index (χ1v) is 7.50. The van der Waals surface area contributed by atoms with Crippen LogP contribution in [-0.2, 0) is 0 Å². The molecule has 19 heavy (non-hydrogen) atoms. The summed E-state index contributed by atoms with van der Waals surface area (Å²) in [5.74, 6) is 4.27. The van der Waals surface area contributed by atoms with E-state index in [0.717, 1.165) is 35.8 Å². The van der Waals surface area contributed by atoms with Gasteiger partial charge in [-0.05, 0) is 38.5 Å². The number of hydrogen-bond donors (Lipinski definition) is 2.